The van der Waals surface area contributed by atoms with E-state index in [2.05, 4.69) is 10.6 Å². The van der Waals surface area contributed by atoms with Crippen molar-refractivity contribution in [3.05, 3.63) is 45.6 Å². The lowest BCUT2D eigenvalue weighted by molar-refractivity contribution is -0.433. The zero-order chi connectivity index (χ0) is 12.6. The van der Waals surface area contributed by atoms with E-state index >= 15 is 0 Å². The lowest BCUT2D eigenvalue weighted by Crippen LogP contribution is -2.53. The Hall–Kier alpha value is -2.08. The van der Waals surface area contributed by atoms with Crippen molar-refractivity contribution in [3.63, 3.8) is 0 Å². The molecule has 1 heterocycles. The normalized spacial score (nSPS) is 22.9. The Morgan fingerprint density at radius 1 is 1.47 bits per heavy atom. The van der Waals surface area contributed by atoms with Gasteiger partial charge in [0.25, 0.3) is 0 Å². The summed E-state index contributed by atoms with van der Waals surface area (Å²) < 4.78 is 0. The van der Waals surface area contributed by atoms with Crippen LogP contribution in [0.25, 0.3) is 5.70 Å². The maximum Gasteiger partial charge on any atom is 0.309 e. The molecule has 6 nitrogen and oxygen atoms in total. The molecule has 0 saturated heterocycles. The number of para-hydroxylation sites is 1. The molecule has 0 aromatic heterocycles. The lowest BCUT2D eigenvalue weighted by Gasteiger charge is -2.33. The number of nitrogens with two attached hydrogens (primary N) is 1. The molecule has 0 spiro atoms. The summed E-state index contributed by atoms with van der Waals surface area (Å²) in [5.41, 5.74) is 6.51. The summed E-state index contributed by atoms with van der Waals surface area (Å²) in [6.07, 6.45) is 0. The predicted octanol–water partition coefficient (Wildman–Crippen LogP) is 0.952. The topological polar surface area (TPSA) is 93.2 Å². The average Bonchev–Trinajstić information content (AvgIpc) is 2.28. The Balaban J connectivity index is 2.69. The van der Waals surface area contributed by atoms with Crippen molar-refractivity contribution in [2.45, 2.75) is 12.6 Å². The summed E-state index contributed by atoms with van der Waals surface area (Å²) >= 11 is 0. The van der Waals surface area contributed by atoms with Crippen LogP contribution in [0.1, 0.15) is 12.5 Å². The Morgan fingerprint density at radius 2 is 2.12 bits per heavy atom. The van der Waals surface area contributed by atoms with Crippen molar-refractivity contribution in [1.29, 1.82) is 0 Å². The highest BCUT2D eigenvalue weighted by molar-refractivity contribution is 5.80. The van der Waals surface area contributed by atoms with Gasteiger partial charge in [-0.1, -0.05) is 18.2 Å². The second kappa shape index (κ2) is 3.74. The number of likely N-dealkylation sites (N-methyl/N-ethyl adjacent to an activating group) is 1. The molecule has 17 heavy (non-hydrogen) atoms. The molecule has 4 N–H and O–H groups in total. The number of hydrogen-bond donors (Lipinski definition) is 3. The third-order valence-electron chi connectivity index (χ3n) is 3.01. The molecule has 1 aliphatic rings. The van der Waals surface area contributed by atoms with Crippen LogP contribution < -0.4 is 16.4 Å². The highest BCUT2D eigenvalue weighted by Crippen LogP contribution is 2.35. The van der Waals surface area contributed by atoms with Crippen LogP contribution >= 0.6 is 0 Å². The smallest absolute Gasteiger partial charge is 0.309 e. The van der Waals surface area contributed by atoms with Gasteiger partial charge < -0.3 is 11.1 Å². The summed E-state index contributed by atoms with van der Waals surface area (Å²) in [6, 6.07) is 7.25. The van der Waals surface area contributed by atoms with E-state index in [1.54, 1.807) is 26.1 Å². The minimum Gasteiger partial charge on any atom is -0.393 e. The number of fused-ring (bicyclic) bond motifs is 1. The second-order valence-corrected chi connectivity index (χ2v) is 4.06. The number of nitrogens with one attached hydrogen (secondary N) is 2. The van der Waals surface area contributed by atoms with Crippen molar-refractivity contribution in [1.82, 2.24) is 5.32 Å². The van der Waals surface area contributed by atoms with Crippen LogP contribution in [0.2, 0.25) is 0 Å². The Morgan fingerprint density at radius 3 is 2.71 bits per heavy atom. The molecule has 1 aliphatic heterocycles. The number of anilines is 1. The third-order valence-corrected chi connectivity index (χ3v) is 3.01. The van der Waals surface area contributed by atoms with Gasteiger partial charge in [0.2, 0.25) is 0 Å². The first kappa shape index (κ1) is 11.4. The second-order valence-electron chi connectivity index (χ2n) is 4.06. The van der Waals surface area contributed by atoms with Gasteiger partial charge in [0, 0.05) is 11.3 Å². The van der Waals surface area contributed by atoms with Crippen LogP contribution in [0.15, 0.2) is 30.0 Å². The SMILES string of the molecule is CNC1(C)Nc2ccccc2C(N)=C1[N+](=O)[O-]. The maximum absolute atomic E-state index is 11.1. The molecule has 0 bridgehead atoms. The van der Waals surface area contributed by atoms with E-state index in [4.69, 9.17) is 5.73 Å². The van der Waals surface area contributed by atoms with Crippen molar-refractivity contribution in [2.75, 3.05) is 12.4 Å². The Labute approximate surface area is 98.7 Å². The number of nitrogens with zero attached hydrogens (tertiary/aromatic N) is 1. The maximum atomic E-state index is 11.1. The number of hydrogen-bond acceptors (Lipinski definition) is 5. The zero-order valence-corrected chi connectivity index (χ0v) is 9.65. The van der Waals surface area contributed by atoms with Crippen LogP contribution in [-0.4, -0.2) is 17.6 Å². The van der Waals surface area contributed by atoms with Crippen molar-refractivity contribution in [3.8, 4) is 0 Å². The van der Waals surface area contributed by atoms with Gasteiger partial charge in [-0.15, -0.1) is 0 Å². The molecule has 1 aromatic carbocycles. The molecule has 1 unspecified atom stereocenters. The highest BCUT2D eigenvalue weighted by atomic mass is 16.6. The van der Waals surface area contributed by atoms with Gasteiger partial charge in [0.15, 0.2) is 5.66 Å². The summed E-state index contributed by atoms with van der Waals surface area (Å²) in [7, 11) is 1.65. The quantitative estimate of drug-likeness (QED) is 0.523. The molecule has 2 rings (SSSR count). The van der Waals surface area contributed by atoms with E-state index in [9.17, 15) is 10.1 Å². The van der Waals surface area contributed by atoms with Gasteiger partial charge in [-0.25, -0.2) is 0 Å². The summed E-state index contributed by atoms with van der Waals surface area (Å²) in [6.45, 7) is 1.69. The molecule has 1 atom stereocenters. The summed E-state index contributed by atoms with van der Waals surface area (Å²) in [5.74, 6) is 0. The van der Waals surface area contributed by atoms with Crippen molar-refractivity contribution in [2.24, 2.45) is 5.73 Å². The van der Waals surface area contributed by atoms with Gasteiger partial charge in [-0.3, -0.25) is 15.4 Å². The number of nitro groups is 1. The van der Waals surface area contributed by atoms with E-state index in [0.717, 1.165) is 5.69 Å². The fraction of sp³-hybridized carbons (Fsp3) is 0.273. The lowest BCUT2D eigenvalue weighted by atomic mass is 9.96. The largest absolute Gasteiger partial charge is 0.393 e. The van der Waals surface area contributed by atoms with E-state index < -0.39 is 10.6 Å². The monoisotopic (exact) mass is 234 g/mol. The molecular formula is C11H14N4O2. The molecule has 0 fully saturated rings. The Bertz CT molecular complexity index is 512. The van der Waals surface area contributed by atoms with Crippen molar-refractivity contribution >= 4 is 11.4 Å². The van der Waals surface area contributed by atoms with Crippen LogP contribution in [0.3, 0.4) is 0 Å². The standard InChI is InChI=1S/C11H14N4O2/c1-11(13-2)10(15(16)17)9(12)7-5-3-4-6-8(7)14-11/h3-6,13-14H,12H2,1-2H3. The minimum atomic E-state index is -0.970. The molecule has 0 saturated carbocycles. The van der Waals surface area contributed by atoms with Gasteiger partial charge >= 0.3 is 5.70 Å². The fourth-order valence-electron chi connectivity index (χ4n) is 2.01. The number of benzene rings is 1. The van der Waals surface area contributed by atoms with Gasteiger partial charge in [-0.2, -0.15) is 0 Å². The first-order valence-corrected chi connectivity index (χ1v) is 5.20. The first-order valence-electron chi connectivity index (χ1n) is 5.20. The first-order chi connectivity index (χ1) is 7.99. The predicted molar refractivity (Wildman–Crippen MR) is 65.6 cm³/mol. The minimum absolute atomic E-state index is 0.0568. The Kier molecular flexibility index (Phi) is 2.51. The molecule has 1 aromatic rings. The molecule has 6 heteroatoms. The van der Waals surface area contributed by atoms with Gasteiger partial charge in [0.05, 0.1) is 4.92 Å². The zero-order valence-electron chi connectivity index (χ0n) is 9.65. The molecular weight excluding hydrogens is 220 g/mol. The van der Waals surface area contributed by atoms with Crippen LogP contribution in [0.5, 0.6) is 0 Å². The fourth-order valence-corrected chi connectivity index (χ4v) is 2.01. The average molecular weight is 234 g/mol. The highest BCUT2D eigenvalue weighted by Gasteiger charge is 2.43. The van der Waals surface area contributed by atoms with Gasteiger partial charge in [-0.05, 0) is 20.0 Å². The third kappa shape index (κ3) is 1.62. The molecule has 90 valence electrons. The van der Waals surface area contributed by atoms with Gasteiger partial charge in [0.1, 0.15) is 5.70 Å². The van der Waals surface area contributed by atoms with Crippen molar-refractivity contribution < 1.29 is 4.92 Å². The van der Waals surface area contributed by atoms with E-state index in [-0.39, 0.29) is 11.4 Å². The summed E-state index contributed by atoms with van der Waals surface area (Å²) in [4.78, 5) is 10.7. The molecule has 0 amide bonds. The molecule has 0 aliphatic carbocycles. The van der Waals surface area contributed by atoms with E-state index in [1.807, 2.05) is 12.1 Å². The number of rotatable bonds is 2. The molecule has 0 radical (unpaired) electrons. The summed E-state index contributed by atoms with van der Waals surface area (Å²) in [5, 5.41) is 17.1. The van der Waals surface area contributed by atoms with E-state index in [1.165, 1.54) is 0 Å². The van der Waals surface area contributed by atoms with E-state index in [0.29, 0.717) is 5.56 Å². The van der Waals surface area contributed by atoms with Crippen LogP contribution in [-0.2, 0) is 0 Å². The van der Waals surface area contributed by atoms with Crippen LogP contribution in [0.4, 0.5) is 5.69 Å². The van der Waals surface area contributed by atoms with Crippen LogP contribution in [0, 0.1) is 10.1 Å².